The normalized spacial score (nSPS) is 9.35. The zero-order chi connectivity index (χ0) is 12.7. The Labute approximate surface area is 99.7 Å². The Morgan fingerprint density at radius 2 is 1.94 bits per heavy atom. The molecular weight excluding hydrogens is 218 g/mol. The minimum Gasteiger partial charge on any atom is -0.478 e. The number of nitrogens with one attached hydrogen (secondary N) is 1. The van der Waals surface area contributed by atoms with E-state index in [2.05, 4.69) is 11.2 Å². The van der Waals surface area contributed by atoms with Crippen LogP contribution in [-0.4, -0.2) is 23.5 Å². The van der Waals surface area contributed by atoms with Gasteiger partial charge in [-0.2, -0.15) is 0 Å². The van der Waals surface area contributed by atoms with E-state index in [1.165, 1.54) is 0 Å². The Kier molecular flexibility index (Phi) is 4.77. The molecule has 1 rings (SSSR count). The average molecular weight is 231 g/mol. The van der Waals surface area contributed by atoms with Crippen molar-refractivity contribution in [3.63, 3.8) is 0 Å². The third kappa shape index (κ3) is 4.39. The molecule has 0 aliphatic heterocycles. The standard InChI is InChI=1S/C13H13NO3/c1-2-3-12(15)14-9-8-10-4-6-11(7-5-10)13(16)17/h1,4-7H,3,8-9H2,(H,14,15)(H,16,17). The summed E-state index contributed by atoms with van der Waals surface area (Å²) in [6, 6.07) is 6.55. The van der Waals surface area contributed by atoms with E-state index in [9.17, 15) is 9.59 Å². The van der Waals surface area contributed by atoms with E-state index in [4.69, 9.17) is 11.5 Å². The lowest BCUT2D eigenvalue weighted by Crippen LogP contribution is -2.24. The molecule has 2 N–H and O–H groups in total. The van der Waals surface area contributed by atoms with Gasteiger partial charge in [-0.25, -0.2) is 4.79 Å². The molecular formula is C13H13NO3. The molecule has 0 aromatic heterocycles. The number of terminal acetylenes is 1. The number of hydrogen-bond acceptors (Lipinski definition) is 2. The van der Waals surface area contributed by atoms with Gasteiger partial charge in [0.1, 0.15) is 0 Å². The lowest BCUT2D eigenvalue weighted by atomic mass is 10.1. The quantitative estimate of drug-likeness (QED) is 0.745. The topological polar surface area (TPSA) is 66.4 Å². The molecule has 1 aromatic rings. The van der Waals surface area contributed by atoms with Crippen molar-refractivity contribution in [1.29, 1.82) is 0 Å². The molecule has 88 valence electrons. The first-order valence-corrected chi connectivity index (χ1v) is 5.16. The zero-order valence-corrected chi connectivity index (χ0v) is 9.27. The van der Waals surface area contributed by atoms with Gasteiger partial charge in [-0.05, 0) is 24.1 Å². The summed E-state index contributed by atoms with van der Waals surface area (Å²) in [7, 11) is 0. The van der Waals surface area contributed by atoms with E-state index in [0.717, 1.165) is 5.56 Å². The Morgan fingerprint density at radius 1 is 1.29 bits per heavy atom. The highest BCUT2D eigenvalue weighted by Gasteiger charge is 2.02. The van der Waals surface area contributed by atoms with Crippen molar-refractivity contribution in [2.75, 3.05) is 6.54 Å². The summed E-state index contributed by atoms with van der Waals surface area (Å²) < 4.78 is 0. The van der Waals surface area contributed by atoms with Crippen LogP contribution in [0.5, 0.6) is 0 Å². The molecule has 4 heteroatoms. The molecule has 0 radical (unpaired) electrons. The number of carboxylic acid groups (broad SMARTS) is 1. The number of benzene rings is 1. The molecule has 0 spiro atoms. The second-order valence-corrected chi connectivity index (χ2v) is 3.48. The van der Waals surface area contributed by atoms with Gasteiger partial charge < -0.3 is 10.4 Å². The van der Waals surface area contributed by atoms with Crippen molar-refractivity contribution in [1.82, 2.24) is 5.32 Å². The maximum atomic E-state index is 11.0. The molecule has 0 aliphatic rings. The van der Waals surface area contributed by atoms with Gasteiger partial charge in [0.2, 0.25) is 5.91 Å². The van der Waals surface area contributed by atoms with Gasteiger partial charge in [-0.15, -0.1) is 6.42 Å². The number of rotatable bonds is 5. The molecule has 0 atom stereocenters. The maximum absolute atomic E-state index is 11.0. The van der Waals surface area contributed by atoms with Crippen LogP contribution in [0.25, 0.3) is 0 Å². The molecule has 0 bridgehead atoms. The summed E-state index contributed by atoms with van der Waals surface area (Å²) >= 11 is 0. The largest absolute Gasteiger partial charge is 0.478 e. The lowest BCUT2D eigenvalue weighted by Gasteiger charge is -2.03. The van der Waals surface area contributed by atoms with Crippen LogP contribution in [0.4, 0.5) is 0 Å². The van der Waals surface area contributed by atoms with Crippen LogP contribution >= 0.6 is 0 Å². The summed E-state index contributed by atoms with van der Waals surface area (Å²) in [6.45, 7) is 0.493. The fourth-order valence-electron chi connectivity index (χ4n) is 1.32. The van der Waals surface area contributed by atoms with Gasteiger partial charge in [-0.3, -0.25) is 4.79 Å². The first-order chi connectivity index (χ1) is 8.13. The lowest BCUT2D eigenvalue weighted by molar-refractivity contribution is -0.120. The smallest absolute Gasteiger partial charge is 0.335 e. The second kappa shape index (κ2) is 6.33. The van der Waals surface area contributed by atoms with Crippen molar-refractivity contribution in [3.8, 4) is 12.3 Å². The maximum Gasteiger partial charge on any atom is 0.335 e. The van der Waals surface area contributed by atoms with Gasteiger partial charge in [-0.1, -0.05) is 18.1 Å². The van der Waals surface area contributed by atoms with Crippen molar-refractivity contribution >= 4 is 11.9 Å². The van der Waals surface area contributed by atoms with Crippen LogP contribution in [0.3, 0.4) is 0 Å². The molecule has 0 saturated heterocycles. The predicted molar refractivity (Wildman–Crippen MR) is 63.6 cm³/mol. The van der Waals surface area contributed by atoms with Crippen molar-refractivity contribution < 1.29 is 14.7 Å². The Hall–Kier alpha value is -2.28. The predicted octanol–water partition coefficient (Wildman–Crippen LogP) is 1.07. The highest BCUT2D eigenvalue weighted by Crippen LogP contribution is 2.04. The number of hydrogen-bond donors (Lipinski definition) is 2. The molecule has 1 amide bonds. The first-order valence-electron chi connectivity index (χ1n) is 5.16. The summed E-state index contributed by atoms with van der Waals surface area (Å²) in [6.07, 6.45) is 5.72. The number of carbonyl (C=O) groups is 2. The van der Waals surface area contributed by atoms with Crippen molar-refractivity contribution in [2.24, 2.45) is 0 Å². The second-order valence-electron chi connectivity index (χ2n) is 3.48. The van der Waals surface area contributed by atoms with E-state index in [0.29, 0.717) is 13.0 Å². The summed E-state index contributed by atoms with van der Waals surface area (Å²) in [5, 5.41) is 11.4. The van der Waals surface area contributed by atoms with Crippen molar-refractivity contribution in [2.45, 2.75) is 12.8 Å². The van der Waals surface area contributed by atoms with Gasteiger partial charge in [0.15, 0.2) is 0 Å². The number of carboxylic acids is 1. The Balaban J connectivity index is 2.40. The highest BCUT2D eigenvalue weighted by molar-refractivity contribution is 5.87. The third-order valence-corrected chi connectivity index (χ3v) is 2.20. The Bertz CT molecular complexity index is 443. The molecule has 0 saturated carbocycles. The van der Waals surface area contributed by atoms with Crippen LogP contribution in [0.15, 0.2) is 24.3 Å². The van der Waals surface area contributed by atoms with Gasteiger partial charge >= 0.3 is 5.97 Å². The van der Waals surface area contributed by atoms with Crippen LogP contribution in [-0.2, 0) is 11.2 Å². The number of aromatic carboxylic acids is 1. The molecule has 0 heterocycles. The average Bonchev–Trinajstić information content (AvgIpc) is 2.30. The van der Waals surface area contributed by atoms with Gasteiger partial charge in [0, 0.05) is 6.54 Å². The molecule has 0 fully saturated rings. The van der Waals surface area contributed by atoms with Crippen LogP contribution < -0.4 is 5.32 Å². The first kappa shape index (κ1) is 12.8. The third-order valence-electron chi connectivity index (χ3n) is 2.20. The molecule has 1 aromatic carbocycles. The minimum atomic E-state index is -0.945. The van der Waals surface area contributed by atoms with E-state index in [1.807, 2.05) is 0 Å². The zero-order valence-electron chi connectivity index (χ0n) is 9.27. The van der Waals surface area contributed by atoms with Crippen LogP contribution in [0, 0.1) is 12.3 Å². The minimum absolute atomic E-state index is 0.0813. The number of amides is 1. The summed E-state index contributed by atoms with van der Waals surface area (Å²) in [5.41, 5.74) is 1.22. The molecule has 0 aliphatic carbocycles. The molecule has 17 heavy (non-hydrogen) atoms. The highest BCUT2D eigenvalue weighted by atomic mass is 16.4. The van der Waals surface area contributed by atoms with Crippen molar-refractivity contribution in [3.05, 3.63) is 35.4 Å². The van der Waals surface area contributed by atoms with E-state index in [-0.39, 0.29) is 17.9 Å². The van der Waals surface area contributed by atoms with Crippen LogP contribution in [0.2, 0.25) is 0 Å². The summed E-state index contributed by atoms with van der Waals surface area (Å²) in [4.78, 5) is 21.7. The summed E-state index contributed by atoms with van der Waals surface area (Å²) in [5.74, 6) is 1.14. The van der Waals surface area contributed by atoms with Gasteiger partial charge in [0.05, 0.1) is 12.0 Å². The fourth-order valence-corrected chi connectivity index (χ4v) is 1.32. The number of carbonyl (C=O) groups excluding carboxylic acids is 1. The van der Waals surface area contributed by atoms with Gasteiger partial charge in [0.25, 0.3) is 0 Å². The molecule has 4 nitrogen and oxygen atoms in total. The SMILES string of the molecule is C#CCC(=O)NCCc1ccc(C(=O)O)cc1. The Morgan fingerprint density at radius 3 is 2.47 bits per heavy atom. The molecule has 0 unspecified atom stereocenters. The van der Waals surface area contributed by atoms with E-state index in [1.54, 1.807) is 24.3 Å². The van der Waals surface area contributed by atoms with E-state index >= 15 is 0 Å². The monoisotopic (exact) mass is 231 g/mol. The van der Waals surface area contributed by atoms with Crippen LogP contribution in [0.1, 0.15) is 22.3 Å². The fraction of sp³-hybridized carbons (Fsp3) is 0.231. The van der Waals surface area contributed by atoms with E-state index < -0.39 is 5.97 Å².